The summed E-state index contributed by atoms with van der Waals surface area (Å²) in [6.45, 7) is 0. The molecule has 0 aliphatic rings. The molecule has 1 nitrogen and oxygen atoms in total. The third kappa shape index (κ3) is 5.99. The summed E-state index contributed by atoms with van der Waals surface area (Å²) in [6, 6.07) is 81.6. The van der Waals surface area contributed by atoms with Gasteiger partial charge in [-0.3, -0.25) is 4.79 Å². The lowest BCUT2D eigenvalue weighted by atomic mass is 9.83. The van der Waals surface area contributed by atoms with Crippen molar-refractivity contribution < 1.29 is 4.79 Å². The first kappa shape index (κ1) is 35.3. The maximum absolute atomic E-state index is 13.3. The standard InChI is InChI=1S/C59H38O/c60-59(44-20-8-3-9-21-44)45-34-32-43(33-35-45)56-49-24-12-10-22-47(49)55(48-23-11-13-25-50(48)56)41-28-30-42(31-29-41)57-51-26-14-15-27-52(51)58(40-18-6-2-7-19-40)54-38-46(36-37-53(54)57)39-16-4-1-5-17-39/h1-38H. The summed E-state index contributed by atoms with van der Waals surface area (Å²) in [5, 5.41) is 9.70. The summed E-state index contributed by atoms with van der Waals surface area (Å²) in [5.41, 5.74) is 13.3. The van der Waals surface area contributed by atoms with Crippen molar-refractivity contribution in [2.45, 2.75) is 0 Å². The molecule has 0 unspecified atom stereocenters. The summed E-state index contributed by atoms with van der Waals surface area (Å²) in [7, 11) is 0. The number of hydrogen-bond acceptors (Lipinski definition) is 1. The highest BCUT2D eigenvalue weighted by molar-refractivity contribution is 6.23. The molecule has 280 valence electrons. The Morgan fingerprint density at radius 1 is 0.217 bits per heavy atom. The molecule has 0 aromatic heterocycles. The third-order valence-electron chi connectivity index (χ3n) is 12.1. The van der Waals surface area contributed by atoms with Crippen LogP contribution in [0.3, 0.4) is 0 Å². The van der Waals surface area contributed by atoms with Gasteiger partial charge in [0, 0.05) is 11.1 Å². The van der Waals surface area contributed by atoms with E-state index in [1.165, 1.54) is 93.2 Å². The number of hydrogen-bond donors (Lipinski definition) is 0. The second kappa shape index (κ2) is 14.8. The summed E-state index contributed by atoms with van der Waals surface area (Å²) in [6.07, 6.45) is 0. The molecule has 0 aliphatic heterocycles. The van der Waals surface area contributed by atoms with Crippen LogP contribution in [0.4, 0.5) is 0 Å². The van der Waals surface area contributed by atoms with Crippen molar-refractivity contribution in [3.63, 3.8) is 0 Å². The predicted octanol–water partition coefficient (Wildman–Crippen LogP) is 15.9. The van der Waals surface area contributed by atoms with E-state index in [0.717, 1.165) is 5.56 Å². The molecule has 1 heteroatoms. The average Bonchev–Trinajstić information content (AvgIpc) is 3.33. The summed E-state index contributed by atoms with van der Waals surface area (Å²) in [5.74, 6) is 0.0285. The van der Waals surface area contributed by atoms with Crippen molar-refractivity contribution >= 4 is 48.9 Å². The van der Waals surface area contributed by atoms with Gasteiger partial charge in [-0.2, -0.15) is 0 Å². The monoisotopic (exact) mass is 762 g/mol. The Kier molecular flexibility index (Phi) is 8.72. The molecule has 0 heterocycles. The number of benzene rings is 11. The molecule has 0 aliphatic carbocycles. The van der Waals surface area contributed by atoms with Gasteiger partial charge in [0.05, 0.1) is 0 Å². The molecular formula is C59H38O. The smallest absolute Gasteiger partial charge is 0.193 e. The number of fused-ring (bicyclic) bond motifs is 4. The summed E-state index contributed by atoms with van der Waals surface area (Å²) >= 11 is 0. The van der Waals surface area contributed by atoms with Crippen molar-refractivity contribution in [1.29, 1.82) is 0 Å². The second-order valence-corrected chi connectivity index (χ2v) is 15.5. The minimum Gasteiger partial charge on any atom is -0.289 e. The molecule has 0 bridgehead atoms. The fourth-order valence-electron chi connectivity index (χ4n) is 9.31. The van der Waals surface area contributed by atoms with Gasteiger partial charge < -0.3 is 0 Å². The van der Waals surface area contributed by atoms with Crippen molar-refractivity contribution in [3.8, 4) is 55.6 Å². The van der Waals surface area contributed by atoms with Crippen LogP contribution in [0.25, 0.3) is 98.7 Å². The number of carbonyl (C=O) groups is 1. The van der Waals surface area contributed by atoms with Crippen LogP contribution in [0, 0.1) is 0 Å². The van der Waals surface area contributed by atoms with Gasteiger partial charge in [-0.15, -0.1) is 0 Å². The quantitative estimate of drug-likeness (QED) is 0.117. The highest BCUT2D eigenvalue weighted by Gasteiger charge is 2.20. The molecule has 11 aromatic carbocycles. The molecular weight excluding hydrogens is 725 g/mol. The predicted molar refractivity (Wildman–Crippen MR) is 254 cm³/mol. The van der Waals surface area contributed by atoms with Gasteiger partial charge in [0.25, 0.3) is 0 Å². The SMILES string of the molecule is O=C(c1ccccc1)c1ccc(-c2c3ccccc3c(-c3ccc(-c4c5ccccc5c(-c5ccccc5)c5cc(-c6ccccc6)ccc45)cc3)c3ccccc23)cc1. The van der Waals surface area contributed by atoms with Crippen LogP contribution in [-0.4, -0.2) is 5.78 Å². The zero-order chi connectivity index (χ0) is 40.0. The molecule has 0 saturated heterocycles. The van der Waals surface area contributed by atoms with E-state index in [0.29, 0.717) is 11.1 Å². The molecule has 0 spiro atoms. The molecule has 0 N–H and O–H groups in total. The van der Waals surface area contributed by atoms with E-state index in [1.54, 1.807) is 0 Å². The lowest BCUT2D eigenvalue weighted by Gasteiger charge is -2.20. The topological polar surface area (TPSA) is 17.1 Å². The highest BCUT2D eigenvalue weighted by atomic mass is 16.1. The van der Waals surface area contributed by atoms with Crippen LogP contribution in [0.2, 0.25) is 0 Å². The normalized spacial score (nSPS) is 11.4. The number of rotatable bonds is 7. The summed E-state index contributed by atoms with van der Waals surface area (Å²) < 4.78 is 0. The fraction of sp³-hybridized carbons (Fsp3) is 0. The van der Waals surface area contributed by atoms with Crippen LogP contribution >= 0.6 is 0 Å². The lowest BCUT2D eigenvalue weighted by Crippen LogP contribution is -2.00. The molecule has 0 amide bonds. The van der Waals surface area contributed by atoms with Crippen LogP contribution < -0.4 is 0 Å². The first-order valence-corrected chi connectivity index (χ1v) is 20.5. The van der Waals surface area contributed by atoms with E-state index < -0.39 is 0 Å². The van der Waals surface area contributed by atoms with Crippen LogP contribution in [0.5, 0.6) is 0 Å². The Hall–Kier alpha value is -7.87. The molecule has 0 radical (unpaired) electrons. The zero-order valence-electron chi connectivity index (χ0n) is 32.8. The van der Waals surface area contributed by atoms with E-state index >= 15 is 0 Å². The number of carbonyl (C=O) groups excluding carboxylic acids is 1. The largest absolute Gasteiger partial charge is 0.289 e. The first-order valence-electron chi connectivity index (χ1n) is 20.5. The average molecular weight is 763 g/mol. The van der Waals surface area contributed by atoms with Crippen LogP contribution in [0.15, 0.2) is 231 Å². The Balaban J connectivity index is 1.08. The second-order valence-electron chi connectivity index (χ2n) is 15.5. The maximum Gasteiger partial charge on any atom is 0.193 e. The molecule has 0 atom stereocenters. The Morgan fingerprint density at radius 3 is 0.933 bits per heavy atom. The van der Waals surface area contributed by atoms with Crippen LogP contribution in [-0.2, 0) is 0 Å². The van der Waals surface area contributed by atoms with Gasteiger partial charge >= 0.3 is 0 Å². The van der Waals surface area contributed by atoms with Gasteiger partial charge in [-0.25, -0.2) is 0 Å². The van der Waals surface area contributed by atoms with Crippen molar-refractivity contribution in [2.75, 3.05) is 0 Å². The van der Waals surface area contributed by atoms with Gasteiger partial charge in [0.15, 0.2) is 5.78 Å². The molecule has 11 aromatic rings. The van der Waals surface area contributed by atoms with E-state index in [2.05, 4.69) is 188 Å². The zero-order valence-corrected chi connectivity index (χ0v) is 32.8. The molecule has 0 saturated carbocycles. The van der Waals surface area contributed by atoms with E-state index in [4.69, 9.17) is 0 Å². The van der Waals surface area contributed by atoms with E-state index in [1.807, 2.05) is 42.5 Å². The Morgan fingerprint density at radius 2 is 0.500 bits per heavy atom. The van der Waals surface area contributed by atoms with Gasteiger partial charge in [0.1, 0.15) is 0 Å². The lowest BCUT2D eigenvalue weighted by molar-refractivity contribution is 0.103. The molecule has 11 rings (SSSR count). The molecule has 60 heavy (non-hydrogen) atoms. The number of ketones is 1. The van der Waals surface area contributed by atoms with Crippen molar-refractivity contribution in [2.24, 2.45) is 0 Å². The summed E-state index contributed by atoms with van der Waals surface area (Å²) in [4.78, 5) is 13.3. The minimum absolute atomic E-state index is 0.0285. The van der Waals surface area contributed by atoms with Crippen molar-refractivity contribution in [1.82, 2.24) is 0 Å². The fourth-order valence-corrected chi connectivity index (χ4v) is 9.31. The van der Waals surface area contributed by atoms with E-state index in [-0.39, 0.29) is 5.78 Å². The van der Waals surface area contributed by atoms with E-state index in [9.17, 15) is 4.79 Å². The molecule has 0 fully saturated rings. The maximum atomic E-state index is 13.3. The highest BCUT2D eigenvalue weighted by Crippen LogP contribution is 2.47. The van der Waals surface area contributed by atoms with Crippen LogP contribution in [0.1, 0.15) is 15.9 Å². The van der Waals surface area contributed by atoms with Crippen molar-refractivity contribution in [3.05, 3.63) is 242 Å². The van der Waals surface area contributed by atoms with Gasteiger partial charge in [-0.1, -0.05) is 224 Å². The van der Waals surface area contributed by atoms with Gasteiger partial charge in [0.2, 0.25) is 0 Å². The Labute approximate surface area is 349 Å². The van der Waals surface area contributed by atoms with Gasteiger partial charge in [-0.05, 0) is 105 Å². The third-order valence-corrected chi connectivity index (χ3v) is 12.1. The minimum atomic E-state index is 0.0285. The Bertz CT molecular complexity index is 3330. The first-order chi connectivity index (χ1) is 29.7.